The van der Waals surface area contributed by atoms with Crippen molar-refractivity contribution in [2.24, 2.45) is 0 Å². The lowest BCUT2D eigenvalue weighted by molar-refractivity contribution is -0.384. The zero-order valence-electron chi connectivity index (χ0n) is 15.6. The number of carboxylic acid groups (broad SMARTS) is 1. The Hall–Kier alpha value is -3.26. The number of nitrogens with zero attached hydrogens (tertiary/aromatic N) is 2. The number of hydrogen-bond acceptors (Lipinski definition) is 5. The van der Waals surface area contributed by atoms with E-state index in [1.807, 2.05) is 0 Å². The number of carboxylic acids is 1. The first-order valence-corrected chi connectivity index (χ1v) is 10.5. The van der Waals surface area contributed by atoms with Crippen LogP contribution in [0.25, 0.3) is 33.0 Å². The van der Waals surface area contributed by atoms with E-state index >= 15 is 0 Å². The van der Waals surface area contributed by atoms with E-state index in [0.717, 1.165) is 0 Å². The summed E-state index contributed by atoms with van der Waals surface area (Å²) >= 11 is 13.2. The molecule has 0 aliphatic carbocycles. The maximum absolute atomic E-state index is 12.1. The molecule has 9 heteroatoms. The van der Waals surface area contributed by atoms with Gasteiger partial charge in [-0.05, 0) is 23.8 Å². The molecule has 1 aromatic heterocycles. The lowest BCUT2D eigenvalue weighted by Gasteiger charge is -2.10. The summed E-state index contributed by atoms with van der Waals surface area (Å²) in [6.45, 7) is 0. The number of aromatic carboxylic acids is 1. The predicted molar refractivity (Wildman–Crippen MR) is 122 cm³/mol. The molecule has 0 spiro atoms. The van der Waals surface area contributed by atoms with Crippen LogP contribution in [-0.4, -0.2) is 21.0 Å². The van der Waals surface area contributed by atoms with Crippen molar-refractivity contribution in [3.63, 3.8) is 0 Å². The van der Waals surface area contributed by atoms with Crippen LogP contribution in [0.2, 0.25) is 10.0 Å². The summed E-state index contributed by atoms with van der Waals surface area (Å²) in [7, 11) is 0. The van der Waals surface area contributed by atoms with Gasteiger partial charge in [-0.1, -0.05) is 65.7 Å². The van der Waals surface area contributed by atoms with Crippen LogP contribution in [0.5, 0.6) is 0 Å². The van der Waals surface area contributed by atoms with Gasteiger partial charge in [0.1, 0.15) is 10.6 Å². The second kappa shape index (κ2) is 8.47. The second-order valence-electron chi connectivity index (χ2n) is 6.48. The summed E-state index contributed by atoms with van der Waals surface area (Å²) in [5.41, 5.74) is 1.35. The first-order chi connectivity index (χ1) is 14.9. The van der Waals surface area contributed by atoms with Crippen LogP contribution in [0.4, 0.5) is 5.69 Å². The second-order valence-corrected chi connectivity index (χ2v) is 8.15. The highest BCUT2D eigenvalue weighted by atomic mass is 35.5. The first-order valence-electron chi connectivity index (χ1n) is 8.88. The van der Waals surface area contributed by atoms with Crippen molar-refractivity contribution in [3.05, 3.63) is 91.8 Å². The van der Waals surface area contributed by atoms with Gasteiger partial charge in [0.25, 0.3) is 5.69 Å². The molecule has 3 aromatic carbocycles. The van der Waals surface area contributed by atoms with E-state index in [1.165, 1.54) is 17.4 Å². The molecule has 0 radical (unpaired) electrons. The maximum Gasteiger partial charge on any atom is 0.343 e. The molecule has 1 N–H and O–H groups in total. The normalized spacial score (nSPS) is 10.8. The largest absolute Gasteiger partial charge is 0.477 e. The molecule has 0 saturated carbocycles. The van der Waals surface area contributed by atoms with Gasteiger partial charge in [0.15, 0.2) is 0 Å². The van der Waals surface area contributed by atoms with Crippen LogP contribution in [0.15, 0.2) is 66.0 Å². The molecule has 0 bridgehead atoms. The Balaban J connectivity index is 1.89. The lowest BCUT2D eigenvalue weighted by atomic mass is 9.95. The van der Waals surface area contributed by atoms with E-state index in [4.69, 9.17) is 23.2 Å². The molecule has 4 rings (SSSR count). The van der Waals surface area contributed by atoms with E-state index < -0.39 is 16.6 Å². The molecule has 0 saturated heterocycles. The van der Waals surface area contributed by atoms with Crippen molar-refractivity contribution in [2.45, 2.75) is 0 Å². The van der Waals surface area contributed by atoms with Gasteiger partial charge in [-0.25, -0.2) is 9.78 Å². The summed E-state index contributed by atoms with van der Waals surface area (Å²) in [6, 6.07) is 16.8. The van der Waals surface area contributed by atoms with Gasteiger partial charge in [0.2, 0.25) is 0 Å². The highest BCUT2D eigenvalue weighted by Gasteiger charge is 2.30. The molecule has 0 unspecified atom stereocenters. The fraction of sp³-hybridized carbons (Fsp3) is 0. The number of nitro benzene ring substituents is 1. The summed E-state index contributed by atoms with van der Waals surface area (Å²) in [5.74, 6) is -1.38. The molecule has 4 aromatic rings. The van der Waals surface area contributed by atoms with E-state index in [9.17, 15) is 20.0 Å². The Morgan fingerprint density at radius 2 is 1.68 bits per heavy atom. The number of nitro groups is 1. The molecule has 154 valence electrons. The molecular formula is C22H12Cl2N2O4S. The summed E-state index contributed by atoms with van der Waals surface area (Å²) in [5, 5.41) is 24.6. The number of hydrogen-bond donors (Lipinski definition) is 1. The molecular weight excluding hydrogens is 459 g/mol. The van der Waals surface area contributed by atoms with Gasteiger partial charge in [-0.3, -0.25) is 10.1 Å². The van der Waals surface area contributed by atoms with Crippen molar-refractivity contribution in [1.82, 2.24) is 4.98 Å². The third kappa shape index (κ3) is 4.03. The molecule has 0 amide bonds. The van der Waals surface area contributed by atoms with Gasteiger partial charge in [0, 0.05) is 16.5 Å². The van der Waals surface area contributed by atoms with Crippen molar-refractivity contribution in [3.8, 4) is 33.0 Å². The van der Waals surface area contributed by atoms with Gasteiger partial charge >= 0.3 is 5.97 Å². The van der Waals surface area contributed by atoms with Crippen LogP contribution in [0.3, 0.4) is 0 Å². The van der Waals surface area contributed by atoms with Crippen molar-refractivity contribution in [1.29, 1.82) is 0 Å². The van der Waals surface area contributed by atoms with Crippen LogP contribution < -0.4 is 0 Å². The van der Waals surface area contributed by atoms with Crippen LogP contribution >= 0.6 is 34.5 Å². The molecule has 31 heavy (non-hydrogen) atoms. The number of thiazole rings is 1. The van der Waals surface area contributed by atoms with Crippen LogP contribution in [-0.2, 0) is 0 Å². The smallest absolute Gasteiger partial charge is 0.343 e. The average molecular weight is 471 g/mol. The fourth-order valence-electron chi connectivity index (χ4n) is 3.21. The lowest BCUT2D eigenvalue weighted by Crippen LogP contribution is -2.07. The Kier molecular flexibility index (Phi) is 5.73. The summed E-state index contributed by atoms with van der Waals surface area (Å²) < 4.78 is 0. The number of aromatic nitrogens is 1. The first kappa shape index (κ1) is 21.0. The Bertz CT molecular complexity index is 1320. The standard InChI is InChI=1S/C22H12Cl2N2O4S/c23-16-9-6-13(10-17(16)24)18-11-31-21(25-18)15-8-7-14(12-4-2-1-3-5-12)19(22(27)28)20(15)26(29)30/h1-11H,(H,27,28). The van der Waals surface area contributed by atoms with E-state index in [-0.39, 0.29) is 16.7 Å². The number of carbonyl (C=O) groups is 1. The zero-order valence-corrected chi connectivity index (χ0v) is 17.9. The topological polar surface area (TPSA) is 93.3 Å². The molecule has 0 aliphatic heterocycles. The fourth-order valence-corrected chi connectivity index (χ4v) is 4.37. The molecule has 0 aliphatic rings. The quantitative estimate of drug-likeness (QED) is 0.249. The van der Waals surface area contributed by atoms with E-state index in [2.05, 4.69) is 4.98 Å². The van der Waals surface area contributed by atoms with Crippen LogP contribution in [0, 0.1) is 10.1 Å². The van der Waals surface area contributed by atoms with Gasteiger partial charge in [-0.15, -0.1) is 11.3 Å². The number of benzene rings is 3. The van der Waals surface area contributed by atoms with Crippen LogP contribution in [0.1, 0.15) is 10.4 Å². The highest BCUT2D eigenvalue weighted by Crippen LogP contribution is 2.41. The van der Waals surface area contributed by atoms with Crippen molar-refractivity contribution >= 4 is 46.2 Å². The molecule has 1 heterocycles. The summed E-state index contributed by atoms with van der Waals surface area (Å²) in [6.07, 6.45) is 0. The predicted octanol–water partition coefficient (Wildman–Crippen LogP) is 7.06. The maximum atomic E-state index is 12.1. The van der Waals surface area contributed by atoms with E-state index in [0.29, 0.717) is 31.9 Å². The van der Waals surface area contributed by atoms with Gasteiger partial charge in [0.05, 0.1) is 26.2 Å². The third-order valence-electron chi connectivity index (χ3n) is 4.61. The van der Waals surface area contributed by atoms with E-state index in [1.54, 1.807) is 60.0 Å². The Morgan fingerprint density at radius 3 is 2.32 bits per heavy atom. The number of halogens is 2. The molecule has 0 fully saturated rings. The third-order valence-corrected chi connectivity index (χ3v) is 6.22. The minimum atomic E-state index is -1.38. The monoisotopic (exact) mass is 470 g/mol. The SMILES string of the molecule is O=C(O)c1c(-c2ccccc2)ccc(-c2nc(-c3ccc(Cl)c(Cl)c3)cs2)c1[N+](=O)[O-]. The zero-order chi connectivity index (χ0) is 22.1. The summed E-state index contributed by atoms with van der Waals surface area (Å²) in [4.78, 5) is 27.8. The molecule has 6 nitrogen and oxygen atoms in total. The van der Waals surface area contributed by atoms with Crippen molar-refractivity contribution in [2.75, 3.05) is 0 Å². The van der Waals surface area contributed by atoms with Gasteiger partial charge < -0.3 is 5.11 Å². The minimum Gasteiger partial charge on any atom is -0.477 e. The minimum absolute atomic E-state index is 0.137. The Labute approximate surface area is 190 Å². The van der Waals surface area contributed by atoms with Crippen molar-refractivity contribution < 1.29 is 14.8 Å². The molecule has 0 atom stereocenters. The average Bonchev–Trinajstić information content (AvgIpc) is 3.25. The Morgan fingerprint density at radius 1 is 0.968 bits per heavy atom. The number of rotatable bonds is 5. The van der Waals surface area contributed by atoms with Gasteiger partial charge in [-0.2, -0.15) is 0 Å². The highest BCUT2D eigenvalue weighted by molar-refractivity contribution is 7.13.